The molecule has 0 amide bonds. The lowest BCUT2D eigenvalue weighted by Gasteiger charge is -2.25. The van der Waals surface area contributed by atoms with Crippen LogP contribution in [-0.4, -0.2) is 31.3 Å². The molecule has 0 bridgehead atoms. The van der Waals surface area contributed by atoms with E-state index >= 15 is 0 Å². The number of phenolic OH excluding ortho intramolecular Hbond substituents is 1. The number of hydrogen-bond donors (Lipinski definition) is 1. The van der Waals surface area contributed by atoms with Gasteiger partial charge in [0.25, 0.3) is 0 Å². The summed E-state index contributed by atoms with van der Waals surface area (Å²) in [7, 11) is 2.37. The van der Waals surface area contributed by atoms with Crippen LogP contribution in [-0.2, 0) is 19.1 Å². The lowest BCUT2D eigenvalue weighted by atomic mass is 10.1. The number of allylic oxidation sites excluding steroid dienone is 2. The summed E-state index contributed by atoms with van der Waals surface area (Å²) in [6, 6.07) is 1.44. The lowest BCUT2D eigenvalue weighted by Crippen LogP contribution is -2.27. The Hall–Kier alpha value is -2.44. The second kappa shape index (κ2) is 7.63. The SMILES string of the molecule is COC(=O)C1=C(C(=O)OC)N(c2cc(Cl)c(C)c(Cl)c2O)C=CC=C1. The van der Waals surface area contributed by atoms with E-state index in [2.05, 4.69) is 0 Å². The molecule has 2 rings (SSSR count). The first kappa shape index (κ1) is 18.9. The molecule has 0 radical (unpaired) electrons. The second-order valence-corrected chi connectivity index (χ2v) is 5.77. The molecule has 1 aliphatic rings. The molecule has 0 aromatic heterocycles. The van der Waals surface area contributed by atoms with Gasteiger partial charge < -0.3 is 19.5 Å². The topological polar surface area (TPSA) is 76.1 Å². The Balaban J connectivity index is 2.78. The van der Waals surface area contributed by atoms with Crippen LogP contribution in [0.4, 0.5) is 5.69 Å². The third kappa shape index (κ3) is 3.50. The number of rotatable bonds is 3. The third-order valence-corrected chi connectivity index (χ3v) is 4.41. The first-order valence-corrected chi connectivity index (χ1v) is 7.81. The van der Waals surface area contributed by atoms with Crippen LogP contribution < -0.4 is 4.90 Å². The average Bonchev–Trinajstić information content (AvgIpc) is 2.84. The van der Waals surface area contributed by atoms with Crippen LogP contribution in [0.5, 0.6) is 5.75 Å². The van der Waals surface area contributed by atoms with Crippen LogP contribution in [0.15, 0.2) is 41.8 Å². The van der Waals surface area contributed by atoms with Crippen molar-refractivity contribution < 1.29 is 24.2 Å². The molecular weight excluding hydrogens is 369 g/mol. The van der Waals surface area contributed by atoms with Crippen molar-refractivity contribution in [1.29, 1.82) is 0 Å². The van der Waals surface area contributed by atoms with E-state index in [9.17, 15) is 14.7 Å². The first-order valence-electron chi connectivity index (χ1n) is 7.06. The van der Waals surface area contributed by atoms with Crippen molar-refractivity contribution in [3.63, 3.8) is 0 Å². The van der Waals surface area contributed by atoms with Crippen molar-refractivity contribution in [1.82, 2.24) is 0 Å². The molecule has 1 aliphatic heterocycles. The van der Waals surface area contributed by atoms with Crippen LogP contribution in [0.3, 0.4) is 0 Å². The molecule has 1 aromatic rings. The number of esters is 2. The van der Waals surface area contributed by atoms with Gasteiger partial charge in [-0.25, -0.2) is 9.59 Å². The highest BCUT2D eigenvalue weighted by molar-refractivity contribution is 6.37. The molecule has 0 aliphatic carbocycles. The van der Waals surface area contributed by atoms with Gasteiger partial charge in [0.15, 0.2) is 5.75 Å². The lowest BCUT2D eigenvalue weighted by molar-refractivity contribution is -0.139. The highest BCUT2D eigenvalue weighted by atomic mass is 35.5. The Labute approximate surface area is 154 Å². The van der Waals surface area contributed by atoms with E-state index in [1.807, 2.05) is 0 Å². The number of anilines is 1. The van der Waals surface area contributed by atoms with Gasteiger partial charge in [-0.1, -0.05) is 29.3 Å². The van der Waals surface area contributed by atoms with Crippen LogP contribution >= 0.6 is 23.2 Å². The zero-order chi connectivity index (χ0) is 18.7. The molecule has 132 valence electrons. The fourth-order valence-corrected chi connectivity index (χ4v) is 2.67. The van der Waals surface area contributed by atoms with Crippen molar-refractivity contribution in [3.05, 3.63) is 57.4 Å². The van der Waals surface area contributed by atoms with Gasteiger partial charge in [-0.3, -0.25) is 0 Å². The van der Waals surface area contributed by atoms with Gasteiger partial charge in [0.05, 0.1) is 30.5 Å². The van der Waals surface area contributed by atoms with Crippen molar-refractivity contribution in [2.75, 3.05) is 19.1 Å². The maximum Gasteiger partial charge on any atom is 0.355 e. The Morgan fingerprint density at radius 1 is 1.12 bits per heavy atom. The Morgan fingerprint density at radius 3 is 2.36 bits per heavy atom. The summed E-state index contributed by atoms with van der Waals surface area (Å²) < 4.78 is 9.51. The number of ether oxygens (including phenoxy) is 2. The summed E-state index contributed by atoms with van der Waals surface area (Å²) in [5.41, 5.74) is 0.401. The number of aromatic hydroxyl groups is 1. The molecule has 0 saturated carbocycles. The van der Waals surface area contributed by atoms with E-state index < -0.39 is 11.9 Å². The predicted octanol–water partition coefficient (Wildman–Crippen LogP) is 3.50. The molecule has 25 heavy (non-hydrogen) atoms. The molecule has 1 aromatic carbocycles. The summed E-state index contributed by atoms with van der Waals surface area (Å²) in [5, 5.41) is 10.7. The number of halogens is 2. The van der Waals surface area contributed by atoms with E-state index in [4.69, 9.17) is 32.7 Å². The van der Waals surface area contributed by atoms with E-state index in [1.165, 1.54) is 37.5 Å². The van der Waals surface area contributed by atoms with Gasteiger partial charge >= 0.3 is 11.9 Å². The van der Waals surface area contributed by atoms with Crippen LogP contribution in [0.2, 0.25) is 10.0 Å². The highest BCUT2D eigenvalue weighted by Gasteiger charge is 2.29. The maximum atomic E-state index is 12.3. The smallest absolute Gasteiger partial charge is 0.355 e. The van der Waals surface area contributed by atoms with Gasteiger partial charge in [0.2, 0.25) is 0 Å². The summed E-state index contributed by atoms with van der Waals surface area (Å²) in [4.78, 5) is 25.7. The number of carbonyl (C=O) groups excluding carboxylic acids is 2. The molecule has 1 heterocycles. The van der Waals surface area contributed by atoms with Gasteiger partial charge in [-0.15, -0.1) is 0 Å². The minimum atomic E-state index is -0.802. The van der Waals surface area contributed by atoms with Crippen molar-refractivity contribution in [3.8, 4) is 5.75 Å². The number of hydrogen-bond acceptors (Lipinski definition) is 6. The molecule has 6 nitrogen and oxygen atoms in total. The fourth-order valence-electron chi connectivity index (χ4n) is 2.23. The first-order chi connectivity index (χ1) is 11.8. The summed E-state index contributed by atoms with van der Waals surface area (Å²) in [6.07, 6.45) is 5.99. The van der Waals surface area contributed by atoms with Crippen LogP contribution in [0, 0.1) is 6.92 Å². The van der Waals surface area contributed by atoms with E-state index in [0.717, 1.165) is 0 Å². The maximum absolute atomic E-state index is 12.3. The molecule has 0 fully saturated rings. The monoisotopic (exact) mass is 383 g/mol. The van der Waals surface area contributed by atoms with Crippen molar-refractivity contribution >= 4 is 40.8 Å². The zero-order valence-electron chi connectivity index (χ0n) is 13.7. The number of nitrogens with zero attached hydrogens (tertiary/aromatic N) is 1. The number of phenols is 1. The van der Waals surface area contributed by atoms with Crippen molar-refractivity contribution in [2.24, 2.45) is 0 Å². The van der Waals surface area contributed by atoms with E-state index in [1.54, 1.807) is 19.1 Å². The zero-order valence-corrected chi connectivity index (χ0v) is 15.2. The quantitative estimate of drug-likeness (QED) is 0.804. The Kier molecular flexibility index (Phi) is 5.77. The van der Waals surface area contributed by atoms with Crippen molar-refractivity contribution in [2.45, 2.75) is 6.92 Å². The number of methoxy groups -OCH3 is 2. The number of benzene rings is 1. The third-order valence-electron chi connectivity index (χ3n) is 3.55. The molecule has 0 spiro atoms. The Bertz CT molecular complexity index is 827. The summed E-state index contributed by atoms with van der Waals surface area (Å²) >= 11 is 12.3. The summed E-state index contributed by atoms with van der Waals surface area (Å²) in [6.45, 7) is 1.64. The number of carbonyl (C=O) groups is 2. The van der Waals surface area contributed by atoms with E-state index in [-0.39, 0.29) is 32.8 Å². The average molecular weight is 384 g/mol. The van der Waals surface area contributed by atoms with Crippen LogP contribution in [0.25, 0.3) is 0 Å². The Morgan fingerprint density at radius 2 is 1.76 bits per heavy atom. The van der Waals surface area contributed by atoms with Crippen LogP contribution in [0.1, 0.15) is 5.56 Å². The molecule has 0 saturated heterocycles. The molecular formula is C17H15Cl2NO5. The highest BCUT2D eigenvalue weighted by Crippen LogP contribution is 2.42. The molecule has 8 heteroatoms. The molecule has 0 unspecified atom stereocenters. The fraction of sp³-hybridized carbons (Fsp3) is 0.176. The van der Waals surface area contributed by atoms with Gasteiger partial charge in [-0.05, 0) is 30.7 Å². The predicted molar refractivity (Wildman–Crippen MR) is 94.7 cm³/mol. The molecule has 0 atom stereocenters. The standard InChI is InChI=1S/C17H15Cl2NO5/c1-9-11(18)8-12(15(21)13(9)19)20-7-5-4-6-10(16(22)24-2)14(20)17(23)25-3/h4-8,21H,1-3H3. The van der Waals surface area contributed by atoms with Gasteiger partial charge in [-0.2, -0.15) is 0 Å². The van der Waals surface area contributed by atoms with Gasteiger partial charge in [0, 0.05) is 11.2 Å². The molecule has 1 N–H and O–H groups in total. The second-order valence-electron chi connectivity index (χ2n) is 4.98. The largest absolute Gasteiger partial charge is 0.504 e. The minimum Gasteiger partial charge on any atom is -0.504 e. The minimum absolute atomic E-state index is 0.0388. The van der Waals surface area contributed by atoms with E-state index in [0.29, 0.717) is 5.56 Å². The summed E-state index contributed by atoms with van der Waals surface area (Å²) in [5.74, 6) is -1.83. The van der Waals surface area contributed by atoms with Gasteiger partial charge in [0.1, 0.15) is 5.70 Å². The normalized spacial score (nSPS) is 13.7.